The van der Waals surface area contributed by atoms with Gasteiger partial charge in [-0.15, -0.1) is 0 Å². The van der Waals surface area contributed by atoms with E-state index in [1.165, 1.54) is 12.3 Å². The van der Waals surface area contributed by atoms with Gasteiger partial charge in [0.25, 0.3) is 0 Å². The highest BCUT2D eigenvalue weighted by Crippen LogP contribution is 2.36. The maximum atomic E-state index is 12.8. The molecular formula is C13H14ClF3N2O. The molecule has 0 saturated heterocycles. The normalized spacial score (nSPS) is 11.9. The Bertz CT molecular complexity index is 513. The average molecular weight is 307 g/mol. The van der Waals surface area contributed by atoms with Crippen LogP contribution in [0.15, 0.2) is 30.5 Å². The van der Waals surface area contributed by atoms with Crippen molar-refractivity contribution in [2.75, 3.05) is 5.32 Å². The number of carbonyl (C=O) groups is 1. The molecule has 3 nitrogen and oxygen atoms in total. The maximum absolute atomic E-state index is 12.8. The maximum Gasteiger partial charge on any atom is 0.418 e. The van der Waals surface area contributed by atoms with Crippen LogP contribution in [0.2, 0.25) is 5.02 Å². The SMILES string of the molecule is CC(C)/C=C/NC(=O)Nc1ccc(Cl)cc1C(F)(F)F. The van der Waals surface area contributed by atoms with Crippen LogP contribution in [0.3, 0.4) is 0 Å². The van der Waals surface area contributed by atoms with Crippen LogP contribution in [0.25, 0.3) is 0 Å². The van der Waals surface area contributed by atoms with Gasteiger partial charge in [0.15, 0.2) is 0 Å². The fourth-order valence-electron chi connectivity index (χ4n) is 1.33. The first-order valence-electron chi connectivity index (χ1n) is 5.81. The Kier molecular flexibility index (Phi) is 5.44. The van der Waals surface area contributed by atoms with Crippen LogP contribution < -0.4 is 10.6 Å². The molecule has 1 rings (SSSR count). The molecule has 2 amide bonds. The Balaban J connectivity index is 2.85. The molecule has 0 atom stereocenters. The summed E-state index contributed by atoms with van der Waals surface area (Å²) < 4.78 is 38.4. The molecule has 0 saturated carbocycles. The van der Waals surface area contributed by atoms with Gasteiger partial charge in [-0.25, -0.2) is 4.79 Å². The van der Waals surface area contributed by atoms with Gasteiger partial charge >= 0.3 is 12.2 Å². The van der Waals surface area contributed by atoms with Crippen LogP contribution in [-0.2, 0) is 6.18 Å². The molecule has 0 fully saturated rings. The summed E-state index contributed by atoms with van der Waals surface area (Å²) in [6.45, 7) is 3.80. The highest BCUT2D eigenvalue weighted by molar-refractivity contribution is 6.30. The summed E-state index contributed by atoms with van der Waals surface area (Å²) in [5, 5.41) is 4.41. The summed E-state index contributed by atoms with van der Waals surface area (Å²) in [7, 11) is 0. The zero-order chi connectivity index (χ0) is 15.3. The molecule has 2 N–H and O–H groups in total. The number of amides is 2. The second kappa shape index (κ2) is 6.65. The second-order valence-corrected chi connectivity index (χ2v) is 4.83. The largest absolute Gasteiger partial charge is 0.418 e. The molecule has 0 radical (unpaired) electrons. The number of hydrogen-bond donors (Lipinski definition) is 2. The van der Waals surface area contributed by atoms with Gasteiger partial charge in [0.05, 0.1) is 11.3 Å². The first-order chi connectivity index (χ1) is 9.20. The molecule has 1 aromatic carbocycles. The Morgan fingerprint density at radius 3 is 2.55 bits per heavy atom. The van der Waals surface area contributed by atoms with Gasteiger partial charge in [0.2, 0.25) is 0 Å². The molecule has 0 aliphatic rings. The number of benzene rings is 1. The third kappa shape index (κ3) is 5.13. The molecule has 0 spiro atoms. The highest BCUT2D eigenvalue weighted by Gasteiger charge is 2.34. The minimum Gasteiger partial charge on any atom is -0.315 e. The molecule has 0 aromatic heterocycles. The molecule has 1 aromatic rings. The minimum absolute atomic E-state index is 0.0528. The van der Waals surface area contributed by atoms with Gasteiger partial charge in [0.1, 0.15) is 0 Å². The van der Waals surface area contributed by atoms with Crippen molar-refractivity contribution in [1.29, 1.82) is 0 Å². The third-order valence-electron chi connectivity index (χ3n) is 2.23. The van der Waals surface area contributed by atoms with E-state index in [0.29, 0.717) is 0 Å². The van der Waals surface area contributed by atoms with Crippen LogP contribution in [0.1, 0.15) is 19.4 Å². The van der Waals surface area contributed by atoms with Gasteiger partial charge < -0.3 is 10.6 Å². The number of hydrogen-bond acceptors (Lipinski definition) is 1. The number of anilines is 1. The first kappa shape index (κ1) is 16.4. The van der Waals surface area contributed by atoms with Gasteiger partial charge in [-0.1, -0.05) is 31.5 Å². The number of alkyl halides is 3. The molecule has 7 heteroatoms. The Hall–Kier alpha value is -1.69. The summed E-state index contributed by atoms with van der Waals surface area (Å²) in [6, 6.07) is 2.39. The number of allylic oxidation sites excluding steroid dienone is 1. The fourth-order valence-corrected chi connectivity index (χ4v) is 1.51. The quantitative estimate of drug-likeness (QED) is 0.838. The van der Waals surface area contributed by atoms with Crippen molar-refractivity contribution < 1.29 is 18.0 Å². The van der Waals surface area contributed by atoms with E-state index in [1.54, 1.807) is 6.08 Å². The lowest BCUT2D eigenvalue weighted by Gasteiger charge is -2.14. The van der Waals surface area contributed by atoms with Gasteiger partial charge in [0, 0.05) is 11.2 Å². The smallest absolute Gasteiger partial charge is 0.315 e. The number of nitrogens with one attached hydrogen (secondary N) is 2. The predicted octanol–water partition coefficient (Wildman–Crippen LogP) is 4.65. The zero-order valence-electron chi connectivity index (χ0n) is 10.9. The predicted molar refractivity (Wildman–Crippen MR) is 72.6 cm³/mol. The van der Waals surface area contributed by atoms with Gasteiger partial charge in [-0.05, 0) is 24.1 Å². The highest BCUT2D eigenvalue weighted by atomic mass is 35.5. The van der Waals surface area contributed by atoms with E-state index in [4.69, 9.17) is 11.6 Å². The molecule has 0 bridgehead atoms. The van der Waals surface area contributed by atoms with Crippen molar-refractivity contribution in [2.24, 2.45) is 5.92 Å². The van der Waals surface area contributed by atoms with Crippen molar-refractivity contribution in [3.63, 3.8) is 0 Å². The van der Waals surface area contributed by atoms with Crippen molar-refractivity contribution >= 4 is 23.3 Å². The van der Waals surface area contributed by atoms with Crippen molar-refractivity contribution in [2.45, 2.75) is 20.0 Å². The first-order valence-corrected chi connectivity index (χ1v) is 6.19. The van der Waals surface area contributed by atoms with E-state index < -0.39 is 17.8 Å². The third-order valence-corrected chi connectivity index (χ3v) is 2.47. The van der Waals surface area contributed by atoms with Crippen LogP contribution in [0.5, 0.6) is 0 Å². The second-order valence-electron chi connectivity index (χ2n) is 4.39. The van der Waals surface area contributed by atoms with Gasteiger partial charge in [-0.2, -0.15) is 13.2 Å². The van der Waals surface area contributed by atoms with Crippen molar-refractivity contribution in [1.82, 2.24) is 5.32 Å². The fraction of sp³-hybridized carbons (Fsp3) is 0.308. The number of rotatable bonds is 3. The lowest BCUT2D eigenvalue weighted by molar-refractivity contribution is -0.136. The van der Waals surface area contributed by atoms with Crippen LogP contribution in [0.4, 0.5) is 23.7 Å². The molecule has 0 aliphatic heterocycles. The molecule has 0 unspecified atom stereocenters. The molecule has 20 heavy (non-hydrogen) atoms. The summed E-state index contributed by atoms with van der Waals surface area (Å²) in [4.78, 5) is 11.5. The lowest BCUT2D eigenvalue weighted by atomic mass is 10.1. The Morgan fingerprint density at radius 2 is 2.00 bits per heavy atom. The zero-order valence-corrected chi connectivity index (χ0v) is 11.6. The van der Waals surface area contributed by atoms with E-state index >= 15 is 0 Å². The summed E-state index contributed by atoms with van der Waals surface area (Å²) in [6.07, 6.45) is -1.52. The van der Waals surface area contributed by atoms with E-state index in [9.17, 15) is 18.0 Å². The number of urea groups is 1. The van der Waals surface area contributed by atoms with Crippen molar-refractivity contribution in [3.8, 4) is 0 Å². The summed E-state index contributed by atoms with van der Waals surface area (Å²) in [5.74, 6) is 0.219. The van der Waals surface area contributed by atoms with Gasteiger partial charge in [-0.3, -0.25) is 0 Å². The van der Waals surface area contributed by atoms with E-state index in [-0.39, 0.29) is 16.6 Å². The summed E-state index contributed by atoms with van der Waals surface area (Å²) >= 11 is 5.54. The molecule has 110 valence electrons. The average Bonchev–Trinajstić information content (AvgIpc) is 2.29. The topological polar surface area (TPSA) is 41.1 Å². The van der Waals surface area contributed by atoms with E-state index in [0.717, 1.165) is 12.1 Å². The molecular weight excluding hydrogens is 293 g/mol. The van der Waals surface area contributed by atoms with Crippen LogP contribution in [-0.4, -0.2) is 6.03 Å². The standard InChI is InChI=1S/C13H14ClF3N2O/c1-8(2)5-6-18-12(20)19-11-4-3-9(14)7-10(11)13(15,16)17/h3-8H,1-2H3,(H2,18,19,20)/b6-5+. The van der Waals surface area contributed by atoms with Crippen molar-refractivity contribution in [3.05, 3.63) is 41.1 Å². The van der Waals surface area contributed by atoms with E-state index in [2.05, 4.69) is 10.6 Å². The number of carbonyl (C=O) groups excluding carboxylic acids is 1. The van der Waals surface area contributed by atoms with Crippen LogP contribution >= 0.6 is 11.6 Å². The lowest BCUT2D eigenvalue weighted by Crippen LogP contribution is -2.25. The monoisotopic (exact) mass is 306 g/mol. The number of halogens is 4. The summed E-state index contributed by atoms with van der Waals surface area (Å²) in [5.41, 5.74) is -1.34. The minimum atomic E-state index is -4.60. The van der Waals surface area contributed by atoms with E-state index in [1.807, 2.05) is 13.8 Å². The molecule has 0 heterocycles. The molecule has 0 aliphatic carbocycles. The Morgan fingerprint density at radius 1 is 1.35 bits per heavy atom. The Labute approximate surface area is 119 Å². The van der Waals surface area contributed by atoms with Crippen LogP contribution in [0, 0.1) is 5.92 Å².